The Hall–Kier alpha value is -2.04. The van der Waals surface area contributed by atoms with E-state index in [-0.39, 0.29) is 18.4 Å². The molecule has 1 aliphatic rings. The molecule has 1 aliphatic carbocycles. The van der Waals surface area contributed by atoms with Gasteiger partial charge in [-0.2, -0.15) is 0 Å². The average molecular weight is 305 g/mol. The molecule has 22 heavy (non-hydrogen) atoms. The van der Waals surface area contributed by atoms with Gasteiger partial charge in [0.2, 0.25) is 0 Å². The molecule has 2 rings (SSSR count). The Labute approximate surface area is 130 Å². The van der Waals surface area contributed by atoms with Crippen LogP contribution in [0.25, 0.3) is 0 Å². The van der Waals surface area contributed by atoms with Gasteiger partial charge in [-0.25, -0.2) is 4.79 Å². The molecule has 0 bridgehead atoms. The predicted molar refractivity (Wildman–Crippen MR) is 82.4 cm³/mol. The molecule has 1 atom stereocenters. The van der Waals surface area contributed by atoms with Crippen LogP contribution in [0.2, 0.25) is 0 Å². The summed E-state index contributed by atoms with van der Waals surface area (Å²) in [6, 6.07) is 9.01. The van der Waals surface area contributed by atoms with E-state index in [4.69, 9.17) is 9.84 Å². The second kappa shape index (κ2) is 7.29. The number of carbonyl (C=O) groups is 2. The van der Waals surface area contributed by atoms with Crippen LogP contribution in [0.4, 0.5) is 4.79 Å². The number of carboxylic acids is 1. The molecule has 0 aliphatic heterocycles. The van der Waals surface area contributed by atoms with Gasteiger partial charge in [-0.15, -0.1) is 0 Å². The summed E-state index contributed by atoms with van der Waals surface area (Å²) in [4.78, 5) is 23.1. The van der Waals surface area contributed by atoms with Crippen LogP contribution in [0.15, 0.2) is 30.3 Å². The zero-order valence-electron chi connectivity index (χ0n) is 12.9. The molecular weight excluding hydrogens is 282 g/mol. The molecular formula is C17H23NO4. The molecule has 0 radical (unpaired) electrons. The molecule has 1 aromatic rings. The maximum absolute atomic E-state index is 12.0. The Kier molecular flexibility index (Phi) is 5.41. The van der Waals surface area contributed by atoms with Crippen LogP contribution in [0.1, 0.15) is 44.6 Å². The first-order valence-corrected chi connectivity index (χ1v) is 7.69. The summed E-state index contributed by atoms with van der Waals surface area (Å²) >= 11 is 0. The second-order valence-electron chi connectivity index (χ2n) is 6.22. The minimum absolute atomic E-state index is 0.0725. The molecule has 120 valence electrons. The van der Waals surface area contributed by atoms with Gasteiger partial charge in [0, 0.05) is 6.04 Å². The van der Waals surface area contributed by atoms with E-state index in [1.807, 2.05) is 37.3 Å². The quantitative estimate of drug-likeness (QED) is 0.845. The normalized spacial score (nSPS) is 17.7. The van der Waals surface area contributed by atoms with Gasteiger partial charge in [0.05, 0.1) is 6.42 Å². The van der Waals surface area contributed by atoms with Crippen molar-refractivity contribution >= 4 is 12.1 Å². The summed E-state index contributed by atoms with van der Waals surface area (Å²) in [5.74, 6) is -0.901. The van der Waals surface area contributed by atoms with Gasteiger partial charge in [0.1, 0.15) is 6.61 Å². The Morgan fingerprint density at radius 3 is 2.50 bits per heavy atom. The van der Waals surface area contributed by atoms with E-state index in [0.29, 0.717) is 0 Å². The highest BCUT2D eigenvalue weighted by Crippen LogP contribution is 2.41. The second-order valence-corrected chi connectivity index (χ2v) is 6.22. The van der Waals surface area contributed by atoms with Crippen LogP contribution < -0.4 is 5.32 Å². The predicted octanol–water partition coefficient (Wildman–Crippen LogP) is 3.34. The number of carbonyl (C=O) groups excluding carboxylic acids is 1. The van der Waals surface area contributed by atoms with E-state index < -0.39 is 18.1 Å². The van der Waals surface area contributed by atoms with Crippen molar-refractivity contribution in [3.05, 3.63) is 35.9 Å². The first-order valence-electron chi connectivity index (χ1n) is 7.69. The minimum atomic E-state index is -0.901. The number of aliphatic carboxylic acids is 1. The fourth-order valence-corrected chi connectivity index (χ4v) is 3.08. The van der Waals surface area contributed by atoms with Crippen LogP contribution >= 0.6 is 0 Å². The third-order valence-corrected chi connectivity index (χ3v) is 4.47. The number of carboxylic acid groups (broad SMARTS) is 1. The molecule has 2 N–H and O–H groups in total. The highest BCUT2D eigenvalue weighted by Gasteiger charge is 2.39. The molecule has 0 heterocycles. The third-order valence-electron chi connectivity index (χ3n) is 4.47. The first-order chi connectivity index (χ1) is 10.5. The van der Waals surface area contributed by atoms with E-state index in [0.717, 1.165) is 31.2 Å². The number of ether oxygens (including phenoxy) is 1. The van der Waals surface area contributed by atoms with Gasteiger partial charge in [0.15, 0.2) is 0 Å². The van der Waals surface area contributed by atoms with Gasteiger partial charge < -0.3 is 15.2 Å². The topological polar surface area (TPSA) is 75.6 Å². The Morgan fingerprint density at radius 1 is 1.27 bits per heavy atom. The first kappa shape index (κ1) is 16.3. The van der Waals surface area contributed by atoms with Crippen molar-refractivity contribution in [2.75, 3.05) is 0 Å². The molecule has 0 saturated heterocycles. The fraction of sp³-hybridized carbons (Fsp3) is 0.529. The number of hydrogen-bond acceptors (Lipinski definition) is 3. The summed E-state index contributed by atoms with van der Waals surface area (Å²) in [5.41, 5.74) is 0.740. The maximum atomic E-state index is 12.0. The number of amides is 1. The summed E-state index contributed by atoms with van der Waals surface area (Å²) in [5, 5.41) is 11.8. The van der Waals surface area contributed by atoms with Gasteiger partial charge >= 0.3 is 12.1 Å². The average Bonchev–Trinajstić information content (AvgIpc) is 2.93. The van der Waals surface area contributed by atoms with Crippen molar-refractivity contribution in [3.63, 3.8) is 0 Å². The van der Waals surface area contributed by atoms with Gasteiger partial charge in [0.25, 0.3) is 0 Å². The molecule has 5 nitrogen and oxygen atoms in total. The van der Waals surface area contributed by atoms with Crippen molar-refractivity contribution in [1.29, 1.82) is 0 Å². The summed E-state index contributed by atoms with van der Waals surface area (Å²) in [6.45, 7) is 2.23. The number of nitrogens with one attached hydrogen (secondary N) is 1. The smallest absolute Gasteiger partial charge is 0.407 e. The molecule has 0 spiro atoms. The van der Waals surface area contributed by atoms with Crippen molar-refractivity contribution < 1.29 is 19.4 Å². The van der Waals surface area contributed by atoms with Crippen LogP contribution in [-0.2, 0) is 16.1 Å². The molecule has 1 unspecified atom stereocenters. The Morgan fingerprint density at radius 2 is 1.91 bits per heavy atom. The third kappa shape index (κ3) is 4.48. The van der Waals surface area contributed by atoms with Gasteiger partial charge in [-0.1, -0.05) is 50.1 Å². The molecule has 1 amide bonds. The van der Waals surface area contributed by atoms with Crippen LogP contribution in [-0.4, -0.2) is 23.2 Å². The number of hydrogen-bond donors (Lipinski definition) is 2. The molecule has 5 heteroatoms. The van der Waals surface area contributed by atoms with Crippen molar-refractivity contribution in [3.8, 4) is 0 Å². The molecule has 1 aromatic carbocycles. The van der Waals surface area contributed by atoms with Crippen molar-refractivity contribution in [1.82, 2.24) is 5.32 Å². The van der Waals surface area contributed by atoms with Crippen molar-refractivity contribution in [2.24, 2.45) is 5.41 Å². The van der Waals surface area contributed by atoms with Crippen LogP contribution in [0, 0.1) is 5.41 Å². The monoisotopic (exact) mass is 305 g/mol. The minimum Gasteiger partial charge on any atom is -0.481 e. The lowest BCUT2D eigenvalue weighted by Crippen LogP contribution is -2.46. The lowest BCUT2D eigenvalue weighted by atomic mass is 9.79. The summed E-state index contributed by atoms with van der Waals surface area (Å²) in [6.07, 6.45) is 3.40. The Balaban J connectivity index is 1.91. The highest BCUT2D eigenvalue weighted by atomic mass is 16.5. The van der Waals surface area contributed by atoms with Crippen molar-refractivity contribution in [2.45, 2.75) is 51.7 Å². The summed E-state index contributed by atoms with van der Waals surface area (Å²) in [7, 11) is 0. The van der Waals surface area contributed by atoms with E-state index in [9.17, 15) is 9.59 Å². The van der Waals surface area contributed by atoms with E-state index in [2.05, 4.69) is 5.32 Å². The largest absolute Gasteiger partial charge is 0.481 e. The van der Waals surface area contributed by atoms with E-state index in [1.165, 1.54) is 0 Å². The van der Waals surface area contributed by atoms with E-state index in [1.54, 1.807) is 0 Å². The van der Waals surface area contributed by atoms with Gasteiger partial charge in [-0.05, 0) is 23.8 Å². The highest BCUT2D eigenvalue weighted by molar-refractivity contribution is 5.71. The molecule has 0 aromatic heterocycles. The fourth-order valence-electron chi connectivity index (χ4n) is 3.08. The van der Waals surface area contributed by atoms with Gasteiger partial charge in [-0.3, -0.25) is 4.79 Å². The molecule has 1 fully saturated rings. The number of benzene rings is 1. The Bertz CT molecular complexity index is 509. The summed E-state index contributed by atoms with van der Waals surface area (Å²) < 4.78 is 5.20. The zero-order chi connectivity index (χ0) is 16.0. The maximum Gasteiger partial charge on any atom is 0.407 e. The van der Waals surface area contributed by atoms with Crippen LogP contribution in [0.5, 0.6) is 0 Å². The number of rotatable bonds is 6. The van der Waals surface area contributed by atoms with Crippen LogP contribution in [0.3, 0.4) is 0 Å². The standard InChI is InChI=1S/C17H23NO4/c1-17(9-5-6-10-17)14(11-15(19)20)18-16(21)22-12-13-7-3-2-4-8-13/h2-4,7-8,14H,5-6,9-12H2,1H3,(H,18,21)(H,19,20). The SMILES string of the molecule is CC1(C(CC(=O)O)NC(=O)OCc2ccccc2)CCCC1. The lowest BCUT2D eigenvalue weighted by Gasteiger charge is -2.33. The molecule has 1 saturated carbocycles. The van der Waals surface area contributed by atoms with E-state index >= 15 is 0 Å². The number of alkyl carbamates (subject to hydrolysis) is 1. The lowest BCUT2D eigenvalue weighted by molar-refractivity contribution is -0.138. The zero-order valence-corrected chi connectivity index (χ0v) is 12.9.